The van der Waals surface area contributed by atoms with Crippen LogP contribution in [0, 0.1) is 5.92 Å². The van der Waals surface area contributed by atoms with E-state index in [4.69, 9.17) is 46.9 Å². The molecule has 17 heteroatoms. The van der Waals surface area contributed by atoms with Crippen LogP contribution in [0.25, 0.3) is 0 Å². The van der Waals surface area contributed by atoms with Crippen LogP contribution in [0.1, 0.15) is 60.3 Å². The van der Waals surface area contributed by atoms with Crippen molar-refractivity contribution in [1.82, 2.24) is 20.2 Å². The van der Waals surface area contributed by atoms with Crippen LogP contribution < -0.4 is 31.4 Å². The first-order valence-electron chi connectivity index (χ1n) is 15.2. The fraction of sp³-hybridized carbons (Fsp3) is 0.581. The van der Waals surface area contributed by atoms with Crippen molar-refractivity contribution >= 4 is 41.2 Å². The van der Waals surface area contributed by atoms with Crippen LogP contribution in [0.15, 0.2) is 27.9 Å². The van der Waals surface area contributed by atoms with Crippen molar-refractivity contribution in [2.75, 3.05) is 13.7 Å². The third-order valence-corrected chi connectivity index (χ3v) is 7.76. The number of nitrogens with one attached hydrogen (secondary N) is 3. The summed E-state index contributed by atoms with van der Waals surface area (Å²) in [5.74, 6) is -1.82. The van der Waals surface area contributed by atoms with Crippen LogP contribution in [0.5, 0.6) is 11.5 Å². The Morgan fingerprint density at radius 2 is 1.75 bits per heavy atom. The number of aryl methyl sites for hydroxylation is 1. The van der Waals surface area contributed by atoms with E-state index in [2.05, 4.69) is 15.6 Å². The van der Waals surface area contributed by atoms with E-state index in [1.807, 2.05) is 0 Å². The van der Waals surface area contributed by atoms with Gasteiger partial charge in [0.15, 0.2) is 24.6 Å². The zero-order valence-corrected chi connectivity index (χ0v) is 29.4. The molecule has 1 fully saturated rings. The lowest BCUT2D eigenvalue weighted by Crippen LogP contribution is -2.50. The van der Waals surface area contributed by atoms with E-state index in [0.717, 1.165) is 4.57 Å². The minimum atomic E-state index is -2.15. The summed E-state index contributed by atoms with van der Waals surface area (Å²) in [4.78, 5) is 65.9. The molecule has 48 heavy (non-hydrogen) atoms. The highest BCUT2D eigenvalue weighted by atomic mass is 35.5. The lowest BCUT2D eigenvalue weighted by Gasteiger charge is -2.27. The molecular formula is C31H41Cl2FN4O10. The number of benzene rings is 1. The molecule has 3 rings (SSSR count). The van der Waals surface area contributed by atoms with Gasteiger partial charge in [0, 0.05) is 24.4 Å². The average molecular weight is 720 g/mol. The lowest BCUT2D eigenvalue weighted by atomic mass is 10.0. The van der Waals surface area contributed by atoms with E-state index in [1.165, 1.54) is 32.4 Å². The lowest BCUT2D eigenvalue weighted by molar-refractivity contribution is -0.157. The maximum atomic E-state index is 16.2. The molecule has 266 valence electrons. The molecule has 2 aromatic rings. The van der Waals surface area contributed by atoms with Gasteiger partial charge < -0.3 is 34.3 Å². The summed E-state index contributed by atoms with van der Waals surface area (Å²) in [6.45, 7) is 10.9. The Morgan fingerprint density at radius 3 is 2.33 bits per heavy atom. The molecule has 0 aliphatic carbocycles. The summed E-state index contributed by atoms with van der Waals surface area (Å²) in [5.41, 5.74) is -2.27. The van der Waals surface area contributed by atoms with Crippen LogP contribution in [0.2, 0.25) is 10.0 Å². The van der Waals surface area contributed by atoms with Gasteiger partial charge in [-0.15, -0.1) is 0 Å². The zero-order valence-electron chi connectivity index (χ0n) is 27.9. The first kappa shape index (κ1) is 38.6. The first-order valence-corrected chi connectivity index (χ1v) is 15.9. The predicted molar refractivity (Wildman–Crippen MR) is 173 cm³/mol. The maximum Gasteiger partial charge on any atom is 0.408 e. The van der Waals surface area contributed by atoms with Gasteiger partial charge in [0.1, 0.15) is 29.2 Å². The van der Waals surface area contributed by atoms with Gasteiger partial charge in [-0.25, -0.2) is 18.8 Å². The topological polar surface area (TPSA) is 176 Å². The van der Waals surface area contributed by atoms with Crippen molar-refractivity contribution in [3.8, 4) is 11.5 Å². The molecule has 1 aromatic heterocycles. The maximum absolute atomic E-state index is 16.2. The average Bonchev–Trinajstić information content (AvgIpc) is 3.28. The number of methoxy groups -OCH3 is 1. The fourth-order valence-corrected chi connectivity index (χ4v) is 5.18. The summed E-state index contributed by atoms with van der Waals surface area (Å²) in [6.07, 6.45) is -7.42. The summed E-state index contributed by atoms with van der Waals surface area (Å²) in [5, 5.41) is 5.37. The molecule has 0 bridgehead atoms. The summed E-state index contributed by atoms with van der Waals surface area (Å²) < 4.78 is 44.6. The van der Waals surface area contributed by atoms with E-state index in [0.29, 0.717) is 0 Å². The molecule has 1 aliphatic rings. The predicted octanol–water partition coefficient (Wildman–Crippen LogP) is 3.69. The number of aromatic nitrogens is 2. The van der Waals surface area contributed by atoms with E-state index >= 15 is 4.39 Å². The molecule has 1 aromatic carbocycles. The second-order valence-electron chi connectivity index (χ2n) is 12.4. The van der Waals surface area contributed by atoms with Gasteiger partial charge in [-0.3, -0.25) is 19.1 Å². The fourth-order valence-electron chi connectivity index (χ4n) is 4.68. The Morgan fingerprint density at radius 1 is 1.10 bits per heavy atom. The van der Waals surface area contributed by atoms with Gasteiger partial charge in [-0.2, -0.15) is 0 Å². The number of carbonyl (C=O) groups is 3. The number of rotatable bonds is 12. The number of ether oxygens (including phenoxy) is 5. The van der Waals surface area contributed by atoms with Gasteiger partial charge >= 0.3 is 17.8 Å². The summed E-state index contributed by atoms with van der Waals surface area (Å²) in [6, 6.07) is 1.54. The van der Waals surface area contributed by atoms with Crippen molar-refractivity contribution < 1.29 is 42.5 Å². The molecule has 6 atom stereocenters. The van der Waals surface area contributed by atoms with Crippen LogP contribution in [0.3, 0.4) is 0 Å². The molecule has 14 nitrogen and oxygen atoms in total. The third-order valence-electron chi connectivity index (χ3n) is 7.17. The SMILES string of the molecule is CCc1cn([C@@H]2O[C@H](CNC(=O)C(C)Oc3cc(OC)c(Cl)cc3Cl)[C@@H](OC(=O)[C@@H](NC(=O)OC(C)(C)C)C(C)C)[C@H]2F)c(=O)[nH]c1=O. The molecule has 3 N–H and O–H groups in total. The third kappa shape index (κ3) is 9.63. The number of hydrogen-bond acceptors (Lipinski definition) is 10. The van der Waals surface area contributed by atoms with Crippen LogP contribution in [0.4, 0.5) is 9.18 Å². The van der Waals surface area contributed by atoms with Gasteiger partial charge in [-0.1, -0.05) is 44.0 Å². The first-order chi connectivity index (χ1) is 22.4. The van der Waals surface area contributed by atoms with E-state index in [9.17, 15) is 24.0 Å². The highest BCUT2D eigenvalue weighted by molar-refractivity contribution is 6.36. The Labute approximate surface area is 286 Å². The molecular weight excluding hydrogens is 678 g/mol. The second-order valence-corrected chi connectivity index (χ2v) is 13.2. The van der Waals surface area contributed by atoms with E-state index in [1.54, 1.807) is 41.5 Å². The number of alkyl halides is 1. The number of carbonyl (C=O) groups excluding carboxylic acids is 3. The Hall–Kier alpha value is -3.82. The van der Waals surface area contributed by atoms with Gasteiger partial charge in [-0.05, 0) is 46.1 Å². The molecule has 0 radical (unpaired) electrons. The van der Waals surface area contributed by atoms with Gasteiger partial charge in [0.05, 0.1) is 17.2 Å². The Kier molecular flexibility index (Phi) is 12.9. The number of hydrogen-bond donors (Lipinski definition) is 3. The van der Waals surface area contributed by atoms with Crippen molar-refractivity contribution in [1.29, 1.82) is 0 Å². The molecule has 1 saturated heterocycles. The number of H-pyrrole nitrogens is 1. The normalized spacial score (nSPS) is 20.5. The quantitative estimate of drug-likeness (QED) is 0.274. The number of halogens is 3. The second kappa shape index (κ2) is 16.1. The standard InChI is InChI=1S/C31H41Cl2FN4O10/c1-9-16-13-38(29(42)37-26(16)40)27-22(34)24(47-28(41)23(14(2)3)36-30(43)48-31(5,6)7)21(46-27)12-35-25(39)15(4)45-20-11-19(44-8)17(32)10-18(20)33/h10-11,13-15,21-24,27H,9,12H2,1-8H3,(H,35,39)(H,36,43)(H,37,40,42)/t15?,21-,22-,23+,24-,27-/m1/s1. The minimum Gasteiger partial charge on any atom is -0.495 e. The smallest absolute Gasteiger partial charge is 0.408 e. The van der Waals surface area contributed by atoms with Crippen LogP contribution in [-0.4, -0.2) is 77.3 Å². The van der Waals surface area contributed by atoms with Crippen LogP contribution >= 0.6 is 23.2 Å². The van der Waals surface area contributed by atoms with Gasteiger partial charge in [0.2, 0.25) is 0 Å². The zero-order chi connectivity index (χ0) is 36.1. The number of aromatic amines is 1. The van der Waals surface area contributed by atoms with Crippen molar-refractivity contribution in [2.24, 2.45) is 5.92 Å². The molecule has 0 spiro atoms. The Balaban J connectivity index is 1.86. The number of alkyl carbamates (subject to hydrolysis) is 1. The van der Waals surface area contributed by atoms with E-state index in [-0.39, 0.29) is 33.5 Å². The number of nitrogens with zero attached hydrogens (tertiary/aromatic N) is 1. The molecule has 0 saturated carbocycles. The monoisotopic (exact) mass is 718 g/mol. The summed E-state index contributed by atoms with van der Waals surface area (Å²) in [7, 11) is 1.40. The van der Waals surface area contributed by atoms with Crippen molar-refractivity contribution in [2.45, 2.75) is 97.2 Å². The molecule has 2 amide bonds. The Bertz CT molecular complexity index is 1610. The number of amides is 2. The van der Waals surface area contributed by atoms with E-state index < -0.39 is 84.0 Å². The summed E-state index contributed by atoms with van der Waals surface area (Å²) >= 11 is 12.3. The largest absolute Gasteiger partial charge is 0.495 e. The molecule has 1 aliphatic heterocycles. The highest BCUT2D eigenvalue weighted by Gasteiger charge is 2.50. The van der Waals surface area contributed by atoms with Crippen molar-refractivity contribution in [3.63, 3.8) is 0 Å². The molecule has 2 heterocycles. The van der Waals surface area contributed by atoms with Crippen LogP contribution in [-0.2, 0) is 30.2 Å². The number of esters is 1. The highest BCUT2D eigenvalue weighted by Crippen LogP contribution is 2.36. The van der Waals surface area contributed by atoms with Crippen molar-refractivity contribution in [3.05, 3.63) is 54.8 Å². The molecule has 1 unspecified atom stereocenters. The van der Waals surface area contributed by atoms with Gasteiger partial charge in [0.25, 0.3) is 11.5 Å². The minimum absolute atomic E-state index is 0.106.